The summed E-state index contributed by atoms with van der Waals surface area (Å²) in [5, 5.41) is 14.4. The van der Waals surface area contributed by atoms with Crippen molar-refractivity contribution in [2.75, 3.05) is 19.7 Å². The first-order valence-electron chi connectivity index (χ1n) is 5.83. The van der Waals surface area contributed by atoms with Crippen LogP contribution >= 0.6 is 0 Å². The Hall–Kier alpha value is -2.38. The number of amides is 1. The minimum atomic E-state index is -0.678. The maximum absolute atomic E-state index is 12.0. The molecule has 0 atom stereocenters. The number of oxime groups is 1. The first kappa shape index (κ1) is 13.1. The third-order valence-electron chi connectivity index (χ3n) is 2.64. The van der Waals surface area contributed by atoms with E-state index in [1.54, 1.807) is 0 Å². The summed E-state index contributed by atoms with van der Waals surface area (Å²) < 4.78 is 4.87. The first-order valence-corrected chi connectivity index (χ1v) is 5.83. The van der Waals surface area contributed by atoms with Crippen molar-refractivity contribution in [2.24, 2.45) is 5.16 Å². The lowest BCUT2D eigenvalue weighted by Gasteiger charge is -2.11. The van der Waals surface area contributed by atoms with E-state index in [4.69, 9.17) is 9.25 Å². The largest absolute Gasteiger partial charge is 0.433 e. The Labute approximate surface area is 108 Å². The standard InChI is InChI=1S/C11H13N3O5/c1-2-18-12-8-5-6-13(7-8)11(15)9-3-4-10(19-9)14(16)17/h3-4H,2,5-7H2,1H3/b12-8+. The van der Waals surface area contributed by atoms with Crippen LogP contribution < -0.4 is 0 Å². The summed E-state index contributed by atoms with van der Waals surface area (Å²) in [5.41, 5.74) is 0.774. The van der Waals surface area contributed by atoms with Gasteiger partial charge in [0.1, 0.15) is 11.5 Å². The molecule has 1 aromatic heterocycles. The van der Waals surface area contributed by atoms with Gasteiger partial charge in [-0.25, -0.2) is 0 Å². The van der Waals surface area contributed by atoms with Gasteiger partial charge < -0.3 is 14.2 Å². The summed E-state index contributed by atoms with van der Waals surface area (Å²) >= 11 is 0. The van der Waals surface area contributed by atoms with Gasteiger partial charge in [-0.05, 0) is 13.0 Å². The number of hydrogen-bond donors (Lipinski definition) is 0. The maximum Gasteiger partial charge on any atom is 0.433 e. The molecule has 1 amide bonds. The van der Waals surface area contributed by atoms with Crippen molar-refractivity contribution in [3.8, 4) is 0 Å². The molecule has 0 radical (unpaired) electrons. The highest BCUT2D eigenvalue weighted by Gasteiger charge is 2.27. The van der Waals surface area contributed by atoms with Crippen LogP contribution in [-0.4, -0.2) is 41.1 Å². The molecule has 0 aliphatic carbocycles. The third-order valence-corrected chi connectivity index (χ3v) is 2.64. The summed E-state index contributed by atoms with van der Waals surface area (Å²) in [6.07, 6.45) is 0.633. The Morgan fingerprint density at radius 2 is 2.42 bits per heavy atom. The summed E-state index contributed by atoms with van der Waals surface area (Å²) in [6, 6.07) is 2.47. The van der Waals surface area contributed by atoms with Crippen molar-refractivity contribution in [3.05, 3.63) is 28.0 Å². The molecule has 8 nitrogen and oxygen atoms in total. The quantitative estimate of drug-likeness (QED) is 0.607. The molecule has 1 fully saturated rings. The van der Waals surface area contributed by atoms with E-state index in [0.29, 0.717) is 26.1 Å². The number of likely N-dealkylation sites (tertiary alicyclic amines) is 1. The summed E-state index contributed by atoms with van der Waals surface area (Å²) in [7, 11) is 0. The average molecular weight is 267 g/mol. The zero-order valence-electron chi connectivity index (χ0n) is 10.4. The fraction of sp³-hybridized carbons (Fsp3) is 0.455. The van der Waals surface area contributed by atoms with E-state index < -0.39 is 10.8 Å². The van der Waals surface area contributed by atoms with Crippen molar-refractivity contribution in [2.45, 2.75) is 13.3 Å². The van der Waals surface area contributed by atoms with E-state index in [2.05, 4.69) is 5.16 Å². The highest BCUT2D eigenvalue weighted by Crippen LogP contribution is 2.19. The first-order chi connectivity index (χ1) is 9.11. The van der Waals surface area contributed by atoms with Gasteiger partial charge in [0.15, 0.2) is 5.76 Å². The predicted molar refractivity (Wildman–Crippen MR) is 64.9 cm³/mol. The van der Waals surface area contributed by atoms with Crippen molar-refractivity contribution in [3.63, 3.8) is 0 Å². The lowest BCUT2D eigenvalue weighted by molar-refractivity contribution is -0.402. The lowest BCUT2D eigenvalue weighted by atomic mass is 10.3. The second-order valence-electron chi connectivity index (χ2n) is 3.95. The summed E-state index contributed by atoms with van der Waals surface area (Å²) in [6.45, 7) is 3.15. The second-order valence-corrected chi connectivity index (χ2v) is 3.95. The molecule has 1 saturated heterocycles. The molecule has 1 aliphatic rings. The zero-order chi connectivity index (χ0) is 13.8. The van der Waals surface area contributed by atoms with Crippen LogP contribution in [0.25, 0.3) is 0 Å². The van der Waals surface area contributed by atoms with Crippen LogP contribution in [0.3, 0.4) is 0 Å². The molecule has 0 unspecified atom stereocenters. The van der Waals surface area contributed by atoms with Crippen LogP contribution in [-0.2, 0) is 4.84 Å². The fourth-order valence-corrected chi connectivity index (χ4v) is 1.74. The monoisotopic (exact) mass is 267 g/mol. The zero-order valence-corrected chi connectivity index (χ0v) is 10.4. The molecule has 0 saturated carbocycles. The molecule has 2 rings (SSSR count). The van der Waals surface area contributed by atoms with Crippen LogP contribution in [0, 0.1) is 10.1 Å². The Morgan fingerprint density at radius 1 is 1.63 bits per heavy atom. The molecule has 0 aromatic carbocycles. The van der Waals surface area contributed by atoms with Gasteiger partial charge >= 0.3 is 5.88 Å². The highest BCUT2D eigenvalue weighted by molar-refractivity contribution is 5.98. The molecule has 102 valence electrons. The fourth-order valence-electron chi connectivity index (χ4n) is 1.74. The minimum absolute atomic E-state index is 0.0376. The van der Waals surface area contributed by atoms with E-state index in [1.807, 2.05) is 6.92 Å². The number of hydrogen-bond acceptors (Lipinski definition) is 6. The maximum atomic E-state index is 12.0. The Kier molecular flexibility index (Phi) is 3.79. The number of carbonyl (C=O) groups excluding carboxylic acids is 1. The molecule has 2 heterocycles. The van der Waals surface area contributed by atoms with Crippen molar-refractivity contribution in [1.82, 2.24) is 4.90 Å². The van der Waals surface area contributed by atoms with E-state index >= 15 is 0 Å². The Balaban J connectivity index is 2.02. The van der Waals surface area contributed by atoms with Gasteiger partial charge in [-0.2, -0.15) is 0 Å². The molecular formula is C11H13N3O5. The Morgan fingerprint density at radius 3 is 3.05 bits per heavy atom. The molecule has 0 N–H and O–H groups in total. The number of nitro groups is 1. The molecule has 1 aliphatic heterocycles. The van der Waals surface area contributed by atoms with Crippen LogP contribution in [0.15, 0.2) is 21.7 Å². The Bertz CT molecular complexity index is 522. The molecule has 8 heteroatoms. The number of furan rings is 1. The van der Waals surface area contributed by atoms with Crippen LogP contribution in [0.4, 0.5) is 5.88 Å². The molecule has 0 spiro atoms. The number of carbonyl (C=O) groups is 1. The van der Waals surface area contributed by atoms with Gasteiger partial charge in [0.2, 0.25) is 0 Å². The van der Waals surface area contributed by atoms with Gasteiger partial charge in [0.05, 0.1) is 18.3 Å². The number of rotatable bonds is 4. The normalized spacial score (nSPS) is 16.9. The van der Waals surface area contributed by atoms with Gasteiger partial charge in [-0.1, -0.05) is 5.16 Å². The smallest absolute Gasteiger partial charge is 0.396 e. The van der Waals surface area contributed by atoms with Crippen molar-refractivity contribution in [1.29, 1.82) is 0 Å². The van der Waals surface area contributed by atoms with Gasteiger partial charge in [0.25, 0.3) is 5.91 Å². The summed E-state index contributed by atoms with van der Waals surface area (Å²) in [4.78, 5) is 28.3. The number of nitrogens with zero attached hydrogens (tertiary/aromatic N) is 3. The van der Waals surface area contributed by atoms with Crippen LogP contribution in [0.1, 0.15) is 23.9 Å². The SMILES string of the molecule is CCO/N=C1\CCN(C(=O)c2ccc([N+](=O)[O-])o2)C1. The van der Waals surface area contributed by atoms with E-state index in [1.165, 1.54) is 17.0 Å². The van der Waals surface area contributed by atoms with Gasteiger partial charge in [-0.15, -0.1) is 0 Å². The topological polar surface area (TPSA) is 98.2 Å². The predicted octanol–water partition coefficient (Wildman–Crippen LogP) is 1.43. The van der Waals surface area contributed by atoms with E-state index in [9.17, 15) is 14.9 Å². The van der Waals surface area contributed by atoms with Gasteiger partial charge in [-0.3, -0.25) is 14.9 Å². The molecule has 19 heavy (non-hydrogen) atoms. The average Bonchev–Trinajstić information content (AvgIpc) is 3.04. The third kappa shape index (κ3) is 2.90. The van der Waals surface area contributed by atoms with Gasteiger partial charge in [0, 0.05) is 13.0 Å². The van der Waals surface area contributed by atoms with Crippen molar-refractivity contribution < 1.29 is 19.0 Å². The lowest BCUT2D eigenvalue weighted by Crippen LogP contribution is -2.28. The summed E-state index contributed by atoms with van der Waals surface area (Å²) in [5.74, 6) is -0.857. The van der Waals surface area contributed by atoms with Crippen LogP contribution in [0.2, 0.25) is 0 Å². The van der Waals surface area contributed by atoms with E-state index in [0.717, 1.165) is 5.71 Å². The van der Waals surface area contributed by atoms with E-state index in [-0.39, 0.29) is 11.7 Å². The second kappa shape index (κ2) is 5.51. The minimum Gasteiger partial charge on any atom is -0.396 e. The molecule has 1 aromatic rings. The molecule has 0 bridgehead atoms. The molecular weight excluding hydrogens is 254 g/mol. The highest BCUT2D eigenvalue weighted by atomic mass is 16.6. The van der Waals surface area contributed by atoms with Crippen molar-refractivity contribution >= 4 is 17.5 Å². The van der Waals surface area contributed by atoms with Crippen LogP contribution in [0.5, 0.6) is 0 Å².